The maximum atomic E-state index is 12.6. The molecule has 0 aliphatic rings. The smallest absolute Gasteiger partial charge is 0.236 e. The number of carbonyl (C=O) groups excluding carboxylic acids is 1. The second-order valence-corrected chi connectivity index (χ2v) is 9.23. The van der Waals surface area contributed by atoms with Crippen LogP contribution in [0.15, 0.2) is 53.8 Å². The number of hydrogen-bond donors (Lipinski definition) is 2. The summed E-state index contributed by atoms with van der Waals surface area (Å²) in [5.41, 5.74) is 4.18. The molecule has 0 aliphatic carbocycles. The van der Waals surface area contributed by atoms with Crippen LogP contribution >= 0.6 is 23.1 Å². The van der Waals surface area contributed by atoms with Crippen molar-refractivity contribution in [1.29, 1.82) is 0 Å². The van der Waals surface area contributed by atoms with Gasteiger partial charge in [-0.05, 0) is 32.0 Å². The molecule has 3 heterocycles. The Morgan fingerprint density at radius 2 is 2.00 bits per heavy atom. The Labute approximate surface area is 197 Å². The number of aromatic nitrogens is 5. The average Bonchev–Trinajstić information content (AvgIpc) is 3.44. The molecule has 0 saturated carbocycles. The summed E-state index contributed by atoms with van der Waals surface area (Å²) in [6.45, 7) is 4.58. The summed E-state index contributed by atoms with van der Waals surface area (Å²) in [4.78, 5) is 33.7. The van der Waals surface area contributed by atoms with Crippen LogP contribution in [0.4, 0.5) is 5.13 Å². The number of imidazole rings is 1. The highest BCUT2D eigenvalue weighted by Gasteiger charge is 2.15. The van der Waals surface area contributed by atoms with E-state index in [1.807, 2.05) is 56.3 Å². The number of ether oxygens (including phenoxy) is 1. The molecule has 0 atom stereocenters. The van der Waals surface area contributed by atoms with Gasteiger partial charge in [0, 0.05) is 5.56 Å². The van der Waals surface area contributed by atoms with E-state index in [0.29, 0.717) is 33.8 Å². The Bertz CT molecular complexity index is 1440. The number of nitrogens with zero attached hydrogens (tertiary/aromatic N) is 4. The maximum Gasteiger partial charge on any atom is 0.236 e. The second-order valence-electron chi connectivity index (χ2n) is 7.24. The fourth-order valence-electron chi connectivity index (χ4n) is 3.25. The number of nitrogens with one attached hydrogen (secondary N) is 2. The molecule has 10 heteroatoms. The zero-order valence-corrected chi connectivity index (χ0v) is 19.6. The molecule has 33 heavy (non-hydrogen) atoms. The maximum absolute atomic E-state index is 12.6. The van der Waals surface area contributed by atoms with Gasteiger partial charge in [-0.1, -0.05) is 52.9 Å². The van der Waals surface area contributed by atoms with Gasteiger partial charge in [0.1, 0.15) is 16.3 Å². The van der Waals surface area contributed by atoms with E-state index in [1.165, 1.54) is 23.1 Å². The van der Waals surface area contributed by atoms with Crippen LogP contribution in [0.2, 0.25) is 0 Å². The molecule has 166 valence electrons. The van der Waals surface area contributed by atoms with E-state index in [9.17, 15) is 4.79 Å². The largest absolute Gasteiger partial charge is 0.494 e. The summed E-state index contributed by atoms with van der Waals surface area (Å²) in [7, 11) is 0. The molecule has 3 aromatic heterocycles. The number of aryl methyl sites for hydroxylation is 1. The lowest BCUT2D eigenvalue weighted by molar-refractivity contribution is -0.113. The Hall–Kier alpha value is -3.50. The number of H-pyrrole nitrogens is 1. The normalized spacial score (nSPS) is 11.2. The number of aromatic amines is 1. The highest BCUT2D eigenvalue weighted by Crippen LogP contribution is 2.30. The van der Waals surface area contributed by atoms with Gasteiger partial charge in [-0.25, -0.2) is 19.9 Å². The van der Waals surface area contributed by atoms with Crippen LogP contribution in [0, 0.1) is 6.92 Å². The summed E-state index contributed by atoms with van der Waals surface area (Å²) in [5, 5.41) is 4.09. The summed E-state index contributed by atoms with van der Waals surface area (Å²) in [6.07, 6.45) is 1.58. The number of benzene rings is 2. The molecule has 0 fully saturated rings. The topological polar surface area (TPSA) is 106 Å². The Morgan fingerprint density at radius 1 is 1.15 bits per heavy atom. The lowest BCUT2D eigenvalue weighted by atomic mass is 10.1. The SMILES string of the molecule is CCOc1ccc2nc(NC(=O)CSc3nc(-c4ccc(C)cc4)nc4[nH]cnc34)sc2c1. The van der Waals surface area contributed by atoms with E-state index in [4.69, 9.17) is 4.74 Å². The van der Waals surface area contributed by atoms with E-state index in [2.05, 4.69) is 30.2 Å². The van der Waals surface area contributed by atoms with Crippen LogP contribution in [-0.4, -0.2) is 43.2 Å². The van der Waals surface area contributed by atoms with Crippen LogP contribution in [0.25, 0.3) is 32.8 Å². The van der Waals surface area contributed by atoms with E-state index in [-0.39, 0.29) is 11.7 Å². The van der Waals surface area contributed by atoms with Crippen molar-refractivity contribution in [2.24, 2.45) is 0 Å². The predicted octanol–water partition coefficient (Wildman–Crippen LogP) is 5.07. The minimum absolute atomic E-state index is 0.164. The lowest BCUT2D eigenvalue weighted by Gasteiger charge is -2.06. The minimum Gasteiger partial charge on any atom is -0.494 e. The van der Waals surface area contributed by atoms with Gasteiger partial charge in [-0.3, -0.25) is 4.79 Å². The standard InChI is InChI=1S/C23H20N6O2S2/c1-3-31-15-8-9-16-17(10-15)33-23(26-16)27-18(30)11-32-22-19-21(25-12-24-19)28-20(29-22)14-6-4-13(2)5-7-14/h4-10,12H,3,11H2,1-2H3,(H,26,27,30)(H,24,25,28,29). The van der Waals surface area contributed by atoms with E-state index < -0.39 is 0 Å². The zero-order valence-electron chi connectivity index (χ0n) is 18.0. The van der Waals surface area contributed by atoms with Gasteiger partial charge in [0.05, 0.1) is 28.9 Å². The van der Waals surface area contributed by atoms with Crippen molar-refractivity contribution in [3.8, 4) is 17.1 Å². The van der Waals surface area contributed by atoms with Crippen molar-refractivity contribution >= 4 is 55.5 Å². The third-order valence-electron chi connectivity index (χ3n) is 4.81. The molecule has 1 amide bonds. The molecule has 0 saturated heterocycles. The number of rotatable bonds is 7. The zero-order chi connectivity index (χ0) is 22.8. The highest BCUT2D eigenvalue weighted by molar-refractivity contribution is 8.00. The van der Waals surface area contributed by atoms with Gasteiger partial charge in [-0.15, -0.1) is 0 Å². The van der Waals surface area contributed by atoms with Gasteiger partial charge < -0.3 is 15.0 Å². The number of carbonyl (C=O) groups is 1. The third kappa shape index (κ3) is 4.67. The van der Waals surface area contributed by atoms with Gasteiger partial charge >= 0.3 is 0 Å². The van der Waals surface area contributed by atoms with Crippen molar-refractivity contribution < 1.29 is 9.53 Å². The van der Waals surface area contributed by atoms with E-state index >= 15 is 0 Å². The van der Waals surface area contributed by atoms with Crippen molar-refractivity contribution in [2.45, 2.75) is 18.9 Å². The van der Waals surface area contributed by atoms with Gasteiger partial charge in [0.15, 0.2) is 16.6 Å². The Kier molecular flexibility index (Phi) is 5.93. The van der Waals surface area contributed by atoms with E-state index in [0.717, 1.165) is 27.1 Å². The first-order valence-corrected chi connectivity index (χ1v) is 12.1. The molecule has 5 aromatic rings. The number of fused-ring (bicyclic) bond motifs is 2. The third-order valence-corrected chi connectivity index (χ3v) is 6.71. The Morgan fingerprint density at radius 3 is 2.82 bits per heavy atom. The van der Waals surface area contributed by atoms with Crippen LogP contribution in [0.1, 0.15) is 12.5 Å². The monoisotopic (exact) mass is 476 g/mol. The van der Waals surface area contributed by atoms with Gasteiger partial charge in [0.2, 0.25) is 5.91 Å². The van der Waals surface area contributed by atoms with Crippen molar-refractivity contribution in [2.75, 3.05) is 17.7 Å². The first kappa shape index (κ1) is 21.4. The quantitative estimate of drug-likeness (QED) is 0.250. The number of thiazole rings is 1. The minimum atomic E-state index is -0.164. The van der Waals surface area contributed by atoms with Crippen LogP contribution in [0.5, 0.6) is 5.75 Å². The first-order valence-electron chi connectivity index (χ1n) is 10.3. The van der Waals surface area contributed by atoms with Crippen molar-refractivity contribution in [3.63, 3.8) is 0 Å². The number of amides is 1. The predicted molar refractivity (Wildman–Crippen MR) is 132 cm³/mol. The summed E-state index contributed by atoms with van der Waals surface area (Å²) < 4.78 is 6.49. The average molecular weight is 477 g/mol. The molecule has 8 nitrogen and oxygen atoms in total. The molecule has 2 N–H and O–H groups in total. The van der Waals surface area contributed by atoms with E-state index in [1.54, 1.807) is 6.33 Å². The summed E-state index contributed by atoms with van der Waals surface area (Å²) in [6, 6.07) is 13.7. The fourth-order valence-corrected chi connectivity index (χ4v) is 4.93. The van der Waals surface area contributed by atoms with Crippen LogP contribution in [-0.2, 0) is 4.79 Å². The molecule has 0 aliphatic heterocycles. The Balaban J connectivity index is 1.32. The summed E-state index contributed by atoms with van der Waals surface area (Å²) in [5.74, 6) is 1.39. The molecule has 0 spiro atoms. The summed E-state index contributed by atoms with van der Waals surface area (Å²) >= 11 is 2.74. The van der Waals surface area contributed by atoms with Crippen molar-refractivity contribution in [3.05, 3.63) is 54.4 Å². The lowest BCUT2D eigenvalue weighted by Crippen LogP contribution is -2.14. The molecule has 2 aromatic carbocycles. The van der Waals surface area contributed by atoms with Crippen LogP contribution in [0.3, 0.4) is 0 Å². The fraction of sp³-hybridized carbons (Fsp3) is 0.174. The first-order chi connectivity index (χ1) is 16.1. The molecule has 0 bridgehead atoms. The van der Waals surface area contributed by atoms with Crippen LogP contribution < -0.4 is 10.1 Å². The molecular formula is C23H20N6O2S2. The number of anilines is 1. The molecule has 0 unspecified atom stereocenters. The highest BCUT2D eigenvalue weighted by atomic mass is 32.2. The molecular weight excluding hydrogens is 456 g/mol. The number of thioether (sulfide) groups is 1. The van der Waals surface area contributed by atoms with Gasteiger partial charge in [-0.2, -0.15) is 0 Å². The van der Waals surface area contributed by atoms with Crippen molar-refractivity contribution in [1.82, 2.24) is 24.9 Å². The molecule has 0 radical (unpaired) electrons. The number of hydrogen-bond acceptors (Lipinski definition) is 8. The van der Waals surface area contributed by atoms with Gasteiger partial charge in [0.25, 0.3) is 0 Å². The second kappa shape index (κ2) is 9.16. The molecule has 5 rings (SSSR count).